The Morgan fingerprint density at radius 1 is 1.20 bits per heavy atom. The standard InChI is InChI=1S/C21H30O4/c1-20-8-7-13(23)9-12(20)3-4-14-15-5-6-16(18(25)11-22)21(15,2)10-17(24)19(14)20/h9,14-15,17,19,22,24-25H,3-8,10-11H2,1-2H3/t14-,15-,17-,19+,20-,21-/m0/s1. The van der Waals surface area contributed by atoms with E-state index < -0.39 is 6.10 Å². The molecule has 0 saturated heterocycles. The molecule has 0 aromatic rings. The summed E-state index contributed by atoms with van der Waals surface area (Å²) in [7, 11) is 0. The minimum absolute atomic E-state index is 0.0664. The first kappa shape index (κ1) is 17.3. The van der Waals surface area contributed by atoms with Crippen LogP contribution in [0.4, 0.5) is 0 Å². The Morgan fingerprint density at radius 2 is 1.96 bits per heavy atom. The minimum Gasteiger partial charge on any atom is -0.510 e. The second-order valence-corrected chi connectivity index (χ2v) is 9.20. The van der Waals surface area contributed by atoms with Crippen molar-refractivity contribution in [1.82, 2.24) is 0 Å². The summed E-state index contributed by atoms with van der Waals surface area (Å²) in [6.45, 7) is 4.11. The molecule has 0 aromatic heterocycles. The minimum atomic E-state index is -0.423. The predicted octanol–water partition coefficient (Wildman–Crippen LogP) is 3.29. The highest BCUT2D eigenvalue weighted by Gasteiger charge is 2.61. The zero-order valence-corrected chi connectivity index (χ0v) is 15.3. The highest BCUT2D eigenvalue weighted by molar-refractivity contribution is 5.91. The Balaban J connectivity index is 1.74. The van der Waals surface area contributed by atoms with Crippen molar-refractivity contribution in [3.63, 3.8) is 0 Å². The Hall–Kier alpha value is -1.13. The van der Waals surface area contributed by atoms with E-state index in [1.54, 1.807) is 0 Å². The molecular formula is C21H30O4. The highest BCUT2D eigenvalue weighted by atomic mass is 16.3. The van der Waals surface area contributed by atoms with Gasteiger partial charge in [0.2, 0.25) is 0 Å². The number of hydrogen-bond donors (Lipinski definition) is 3. The zero-order valence-electron chi connectivity index (χ0n) is 15.3. The third kappa shape index (κ3) is 2.30. The van der Waals surface area contributed by atoms with Gasteiger partial charge in [-0.3, -0.25) is 4.79 Å². The van der Waals surface area contributed by atoms with Crippen LogP contribution in [0.5, 0.6) is 0 Å². The van der Waals surface area contributed by atoms with Gasteiger partial charge in [-0.25, -0.2) is 0 Å². The molecule has 3 saturated carbocycles. The van der Waals surface area contributed by atoms with Gasteiger partial charge in [0.25, 0.3) is 0 Å². The molecule has 138 valence electrons. The molecule has 25 heavy (non-hydrogen) atoms. The molecule has 6 atom stereocenters. The van der Waals surface area contributed by atoms with Gasteiger partial charge >= 0.3 is 0 Å². The number of rotatable bonds is 1. The molecule has 0 radical (unpaired) electrons. The topological polar surface area (TPSA) is 77.8 Å². The highest BCUT2D eigenvalue weighted by Crippen LogP contribution is 2.66. The lowest BCUT2D eigenvalue weighted by atomic mass is 9.46. The van der Waals surface area contributed by atoms with Crippen molar-refractivity contribution in [3.05, 3.63) is 23.0 Å². The third-order valence-corrected chi connectivity index (χ3v) is 8.18. The fourth-order valence-corrected chi connectivity index (χ4v) is 7.07. The Bertz CT molecular complexity index is 663. The fraction of sp³-hybridized carbons (Fsp3) is 0.762. The summed E-state index contributed by atoms with van der Waals surface area (Å²) in [5.41, 5.74) is 1.93. The van der Waals surface area contributed by atoms with Crippen LogP contribution in [0.3, 0.4) is 0 Å². The zero-order chi connectivity index (χ0) is 18.0. The van der Waals surface area contributed by atoms with Gasteiger partial charge in [-0.05, 0) is 78.8 Å². The molecule has 4 aliphatic carbocycles. The Kier molecular flexibility index (Phi) is 3.93. The van der Waals surface area contributed by atoms with Crippen LogP contribution in [-0.2, 0) is 4.79 Å². The molecule has 0 aliphatic heterocycles. The molecule has 0 aromatic carbocycles. The summed E-state index contributed by atoms with van der Waals surface area (Å²) in [6.07, 6.45) is 7.34. The average molecular weight is 346 g/mol. The number of aliphatic hydroxyl groups excluding tert-OH is 3. The lowest BCUT2D eigenvalue weighted by Gasteiger charge is -2.59. The maximum Gasteiger partial charge on any atom is 0.155 e. The normalized spacial score (nSPS) is 48.3. The van der Waals surface area contributed by atoms with E-state index in [0.717, 1.165) is 37.7 Å². The van der Waals surface area contributed by atoms with Crippen molar-refractivity contribution in [3.8, 4) is 0 Å². The van der Waals surface area contributed by atoms with Gasteiger partial charge in [0.15, 0.2) is 5.78 Å². The van der Waals surface area contributed by atoms with Crippen LogP contribution in [0.25, 0.3) is 0 Å². The van der Waals surface area contributed by atoms with Crippen LogP contribution in [0.1, 0.15) is 58.8 Å². The molecule has 3 fully saturated rings. The summed E-state index contributed by atoms with van der Waals surface area (Å²) in [6, 6.07) is 0. The van der Waals surface area contributed by atoms with Crippen LogP contribution in [0.2, 0.25) is 0 Å². The van der Waals surface area contributed by atoms with Crippen molar-refractivity contribution >= 4 is 5.78 Å². The van der Waals surface area contributed by atoms with E-state index >= 15 is 0 Å². The number of carbonyl (C=O) groups is 1. The second-order valence-electron chi connectivity index (χ2n) is 9.20. The van der Waals surface area contributed by atoms with Gasteiger partial charge in [0.05, 0.1) is 6.10 Å². The van der Waals surface area contributed by atoms with Gasteiger partial charge in [0, 0.05) is 6.42 Å². The van der Waals surface area contributed by atoms with Crippen molar-refractivity contribution < 1.29 is 20.1 Å². The molecule has 4 rings (SSSR count). The fourth-order valence-electron chi connectivity index (χ4n) is 7.07. The molecule has 3 N–H and O–H groups in total. The van der Waals surface area contributed by atoms with Crippen LogP contribution in [0, 0.1) is 28.6 Å². The first-order valence-corrected chi connectivity index (χ1v) is 9.75. The van der Waals surface area contributed by atoms with Crippen molar-refractivity contribution in [2.75, 3.05) is 6.61 Å². The van der Waals surface area contributed by atoms with Crippen LogP contribution in [0.15, 0.2) is 23.0 Å². The third-order valence-electron chi connectivity index (χ3n) is 8.18. The number of carbonyl (C=O) groups excluding carboxylic acids is 1. The molecular weight excluding hydrogens is 316 g/mol. The molecule has 4 aliphatic rings. The molecule has 0 unspecified atom stereocenters. The van der Waals surface area contributed by atoms with Crippen molar-refractivity contribution in [2.45, 2.75) is 64.9 Å². The van der Waals surface area contributed by atoms with Crippen LogP contribution in [-0.4, -0.2) is 33.8 Å². The SMILES string of the molecule is C[C@]12CCC(=O)C=C1CC[C@@H]1[C@@H]2[C@@H](O)C[C@]2(C)C(=C(O)CO)CC[C@@H]12. The van der Waals surface area contributed by atoms with E-state index in [1.807, 2.05) is 6.08 Å². The number of ketones is 1. The lowest BCUT2D eigenvalue weighted by molar-refractivity contribution is -0.124. The maximum atomic E-state index is 11.9. The number of allylic oxidation sites excluding steroid dienone is 2. The quantitative estimate of drug-likeness (QED) is 0.637. The van der Waals surface area contributed by atoms with Crippen molar-refractivity contribution in [2.24, 2.45) is 28.6 Å². The monoisotopic (exact) mass is 346 g/mol. The van der Waals surface area contributed by atoms with E-state index in [4.69, 9.17) is 0 Å². The summed E-state index contributed by atoms with van der Waals surface area (Å²) in [4.78, 5) is 11.9. The average Bonchev–Trinajstić information content (AvgIpc) is 2.91. The summed E-state index contributed by atoms with van der Waals surface area (Å²) in [5, 5.41) is 30.8. The van der Waals surface area contributed by atoms with Gasteiger partial charge in [-0.2, -0.15) is 0 Å². The van der Waals surface area contributed by atoms with E-state index in [-0.39, 0.29) is 34.9 Å². The lowest BCUT2D eigenvalue weighted by Crippen LogP contribution is -2.55. The van der Waals surface area contributed by atoms with Crippen LogP contribution < -0.4 is 0 Å². The maximum absolute atomic E-state index is 11.9. The number of fused-ring (bicyclic) bond motifs is 5. The predicted molar refractivity (Wildman–Crippen MR) is 94.8 cm³/mol. The smallest absolute Gasteiger partial charge is 0.155 e. The van der Waals surface area contributed by atoms with E-state index in [9.17, 15) is 20.1 Å². The second kappa shape index (κ2) is 5.68. The molecule has 0 spiro atoms. The van der Waals surface area contributed by atoms with E-state index in [2.05, 4.69) is 13.8 Å². The van der Waals surface area contributed by atoms with Crippen LogP contribution >= 0.6 is 0 Å². The Morgan fingerprint density at radius 3 is 2.68 bits per heavy atom. The summed E-state index contributed by atoms with van der Waals surface area (Å²) >= 11 is 0. The molecule has 4 nitrogen and oxygen atoms in total. The van der Waals surface area contributed by atoms with Gasteiger partial charge in [0.1, 0.15) is 12.4 Å². The first-order chi connectivity index (χ1) is 11.8. The first-order valence-electron chi connectivity index (χ1n) is 9.75. The number of aliphatic hydroxyl groups is 3. The van der Waals surface area contributed by atoms with Gasteiger partial charge < -0.3 is 15.3 Å². The van der Waals surface area contributed by atoms with E-state index in [0.29, 0.717) is 24.7 Å². The summed E-state index contributed by atoms with van der Waals surface area (Å²) < 4.78 is 0. The molecule has 0 bridgehead atoms. The van der Waals surface area contributed by atoms with E-state index in [1.165, 1.54) is 5.57 Å². The Labute approximate surface area is 149 Å². The van der Waals surface area contributed by atoms with Gasteiger partial charge in [-0.15, -0.1) is 0 Å². The van der Waals surface area contributed by atoms with Gasteiger partial charge in [-0.1, -0.05) is 19.4 Å². The number of hydrogen-bond acceptors (Lipinski definition) is 4. The molecule has 4 heteroatoms. The molecule has 0 amide bonds. The van der Waals surface area contributed by atoms with Crippen molar-refractivity contribution in [1.29, 1.82) is 0 Å². The molecule has 0 heterocycles. The summed E-state index contributed by atoms with van der Waals surface area (Å²) in [5.74, 6) is 1.42. The largest absolute Gasteiger partial charge is 0.510 e.